The number of esters is 1. The van der Waals surface area contributed by atoms with Crippen LogP contribution in [0, 0.1) is 0 Å². The molecule has 1 heterocycles. The first kappa shape index (κ1) is 17.2. The van der Waals surface area contributed by atoms with Gasteiger partial charge in [0.15, 0.2) is 5.70 Å². The van der Waals surface area contributed by atoms with E-state index < -0.39 is 5.97 Å². The van der Waals surface area contributed by atoms with Crippen LogP contribution in [0.25, 0.3) is 6.08 Å². The van der Waals surface area contributed by atoms with E-state index in [0.717, 1.165) is 15.6 Å². The van der Waals surface area contributed by atoms with Crippen LogP contribution in [0.1, 0.15) is 18.1 Å². The van der Waals surface area contributed by atoms with Crippen molar-refractivity contribution in [1.29, 1.82) is 0 Å². The van der Waals surface area contributed by atoms with Gasteiger partial charge in [0.05, 0.1) is 12.7 Å². The summed E-state index contributed by atoms with van der Waals surface area (Å²) < 4.78 is 11.5. The molecule has 4 nitrogen and oxygen atoms in total. The Morgan fingerprint density at radius 2 is 1.96 bits per heavy atom. The molecule has 0 amide bonds. The van der Waals surface area contributed by atoms with E-state index in [1.54, 1.807) is 25.3 Å². The summed E-state index contributed by atoms with van der Waals surface area (Å²) >= 11 is 3.41. The smallest absolute Gasteiger partial charge is 0.363 e. The van der Waals surface area contributed by atoms with Gasteiger partial charge in [0, 0.05) is 4.47 Å². The molecule has 0 bridgehead atoms. The molecule has 25 heavy (non-hydrogen) atoms. The number of hydrogen-bond donors (Lipinski definition) is 0. The minimum absolute atomic E-state index is 0.238. The van der Waals surface area contributed by atoms with Gasteiger partial charge in [-0.1, -0.05) is 52.3 Å². The molecule has 0 saturated heterocycles. The minimum atomic E-state index is -0.474. The lowest BCUT2D eigenvalue weighted by Crippen LogP contribution is -2.07. The number of rotatable bonds is 4. The number of cyclic esters (lactones) is 1. The summed E-state index contributed by atoms with van der Waals surface area (Å²) in [7, 11) is 1.56. The fourth-order valence-corrected chi connectivity index (χ4v) is 2.80. The highest BCUT2D eigenvalue weighted by Crippen LogP contribution is 2.27. The van der Waals surface area contributed by atoms with Crippen molar-refractivity contribution in [2.75, 3.05) is 7.11 Å². The maximum atomic E-state index is 12.1. The third kappa shape index (κ3) is 4.06. The molecule has 0 atom stereocenters. The molecule has 0 N–H and O–H groups in total. The zero-order chi connectivity index (χ0) is 17.8. The molecule has 0 radical (unpaired) electrons. The lowest BCUT2D eigenvalue weighted by atomic mass is 10.1. The Kier molecular flexibility index (Phi) is 5.14. The van der Waals surface area contributed by atoms with Crippen LogP contribution in [0.2, 0.25) is 0 Å². The van der Waals surface area contributed by atoms with Crippen molar-refractivity contribution in [3.63, 3.8) is 0 Å². The van der Waals surface area contributed by atoms with Crippen LogP contribution in [-0.4, -0.2) is 19.0 Å². The highest BCUT2D eigenvalue weighted by molar-refractivity contribution is 9.10. The molecule has 0 aliphatic carbocycles. The van der Waals surface area contributed by atoms with E-state index in [2.05, 4.69) is 20.9 Å². The van der Waals surface area contributed by atoms with E-state index in [1.165, 1.54) is 0 Å². The normalized spacial score (nSPS) is 16.0. The molecule has 126 valence electrons. The summed E-state index contributed by atoms with van der Waals surface area (Å²) in [5.41, 5.74) is 2.85. The molecule has 2 aromatic carbocycles. The zero-order valence-corrected chi connectivity index (χ0v) is 15.4. The van der Waals surface area contributed by atoms with Gasteiger partial charge >= 0.3 is 5.97 Å². The average Bonchev–Trinajstić information content (AvgIpc) is 2.96. The van der Waals surface area contributed by atoms with Gasteiger partial charge in [-0.05, 0) is 42.3 Å². The Morgan fingerprint density at radius 1 is 1.20 bits per heavy atom. The summed E-state index contributed by atoms with van der Waals surface area (Å²) in [5.74, 6) is 0.354. The topological polar surface area (TPSA) is 47.9 Å². The highest BCUT2D eigenvalue weighted by atomic mass is 79.9. The molecule has 0 unspecified atom stereocenters. The molecule has 1 aliphatic rings. The molecular formula is C20H16BrNO3. The molecule has 0 fully saturated rings. The Morgan fingerprint density at radius 3 is 2.68 bits per heavy atom. The number of benzene rings is 2. The van der Waals surface area contributed by atoms with Gasteiger partial charge in [0.25, 0.3) is 0 Å². The Bertz CT molecular complexity index is 898. The third-order valence-electron chi connectivity index (χ3n) is 3.57. The van der Waals surface area contributed by atoms with E-state index in [9.17, 15) is 4.79 Å². The first-order chi connectivity index (χ1) is 12.1. The quantitative estimate of drug-likeness (QED) is 0.552. The molecule has 1 aliphatic heterocycles. The van der Waals surface area contributed by atoms with Gasteiger partial charge in [0.1, 0.15) is 5.75 Å². The van der Waals surface area contributed by atoms with Crippen LogP contribution in [0.4, 0.5) is 0 Å². The zero-order valence-electron chi connectivity index (χ0n) is 13.8. The Hall–Kier alpha value is -2.66. The molecule has 2 aromatic rings. The van der Waals surface area contributed by atoms with Crippen molar-refractivity contribution in [3.8, 4) is 5.75 Å². The first-order valence-corrected chi connectivity index (χ1v) is 8.46. The lowest BCUT2D eigenvalue weighted by Gasteiger charge is -2.07. The van der Waals surface area contributed by atoms with E-state index in [-0.39, 0.29) is 11.6 Å². The predicted octanol–water partition coefficient (Wildman–Crippen LogP) is 4.75. The molecule has 0 spiro atoms. The van der Waals surface area contributed by atoms with E-state index in [1.807, 2.05) is 49.4 Å². The SMILES string of the molecule is COc1ccc(Br)cc1C1=N/C(=C/C(C)=C/c2ccccc2)C(=O)O1. The number of halogens is 1. The number of hydrogen-bond acceptors (Lipinski definition) is 4. The van der Waals surface area contributed by atoms with Gasteiger partial charge in [-0.3, -0.25) is 0 Å². The second-order valence-electron chi connectivity index (χ2n) is 5.48. The third-order valence-corrected chi connectivity index (χ3v) is 4.06. The van der Waals surface area contributed by atoms with Crippen LogP contribution in [-0.2, 0) is 9.53 Å². The van der Waals surface area contributed by atoms with Gasteiger partial charge in [-0.15, -0.1) is 0 Å². The molecule has 0 aromatic heterocycles. The number of ether oxygens (including phenoxy) is 2. The summed E-state index contributed by atoms with van der Waals surface area (Å²) in [6, 6.07) is 15.3. The van der Waals surface area contributed by atoms with Crippen molar-refractivity contribution in [1.82, 2.24) is 0 Å². The standard InChI is InChI=1S/C20H16BrNO3/c1-13(10-14-6-4-3-5-7-14)11-17-20(23)25-19(22-17)16-12-15(21)8-9-18(16)24-2/h3-12H,1-2H3/b13-10+,17-11+. The molecule has 3 rings (SSSR count). The molecule has 5 heteroatoms. The number of nitrogens with zero attached hydrogens (tertiary/aromatic N) is 1. The first-order valence-electron chi connectivity index (χ1n) is 7.66. The monoisotopic (exact) mass is 397 g/mol. The van der Waals surface area contributed by atoms with Gasteiger partial charge in [-0.2, -0.15) is 0 Å². The second-order valence-corrected chi connectivity index (χ2v) is 6.40. The van der Waals surface area contributed by atoms with Gasteiger partial charge in [0.2, 0.25) is 5.90 Å². The maximum Gasteiger partial charge on any atom is 0.363 e. The number of allylic oxidation sites excluding steroid dienone is 2. The average molecular weight is 398 g/mol. The largest absolute Gasteiger partial charge is 0.496 e. The molecule has 0 saturated carbocycles. The van der Waals surface area contributed by atoms with E-state index >= 15 is 0 Å². The van der Waals surface area contributed by atoms with Gasteiger partial charge in [-0.25, -0.2) is 9.79 Å². The second kappa shape index (κ2) is 7.49. The minimum Gasteiger partial charge on any atom is -0.496 e. The summed E-state index contributed by atoms with van der Waals surface area (Å²) in [6.45, 7) is 1.92. The van der Waals surface area contributed by atoms with Crippen LogP contribution < -0.4 is 4.74 Å². The van der Waals surface area contributed by atoms with Crippen LogP contribution >= 0.6 is 15.9 Å². The highest BCUT2D eigenvalue weighted by Gasteiger charge is 2.26. The van der Waals surface area contributed by atoms with Crippen LogP contribution in [0.15, 0.2) is 75.3 Å². The van der Waals surface area contributed by atoms with E-state index in [4.69, 9.17) is 9.47 Å². The van der Waals surface area contributed by atoms with Crippen molar-refractivity contribution < 1.29 is 14.3 Å². The summed E-state index contributed by atoms with van der Waals surface area (Å²) in [4.78, 5) is 16.5. The lowest BCUT2D eigenvalue weighted by molar-refractivity contribution is -0.130. The molecular weight excluding hydrogens is 382 g/mol. The summed E-state index contributed by atoms with van der Waals surface area (Å²) in [5, 5.41) is 0. The van der Waals surface area contributed by atoms with Crippen LogP contribution in [0.5, 0.6) is 5.75 Å². The van der Waals surface area contributed by atoms with E-state index in [0.29, 0.717) is 11.3 Å². The fourth-order valence-electron chi connectivity index (χ4n) is 2.44. The number of carbonyl (C=O) groups is 1. The van der Waals surface area contributed by atoms with Crippen molar-refractivity contribution in [3.05, 3.63) is 81.5 Å². The van der Waals surface area contributed by atoms with Crippen molar-refractivity contribution >= 4 is 33.9 Å². The van der Waals surface area contributed by atoms with Crippen molar-refractivity contribution in [2.45, 2.75) is 6.92 Å². The maximum absolute atomic E-state index is 12.1. The van der Waals surface area contributed by atoms with Crippen molar-refractivity contribution in [2.24, 2.45) is 4.99 Å². The van der Waals surface area contributed by atoms with Gasteiger partial charge < -0.3 is 9.47 Å². The predicted molar refractivity (Wildman–Crippen MR) is 101 cm³/mol. The Balaban J connectivity index is 1.93. The fraction of sp³-hybridized carbons (Fsp3) is 0.100. The van der Waals surface area contributed by atoms with Crippen LogP contribution in [0.3, 0.4) is 0 Å². The number of carbonyl (C=O) groups excluding carboxylic acids is 1. The number of aliphatic imine (C=N–C) groups is 1. The number of methoxy groups -OCH3 is 1. The summed E-state index contributed by atoms with van der Waals surface area (Å²) in [6.07, 6.45) is 3.69. The Labute approximate surface area is 154 Å².